The van der Waals surface area contributed by atoms with Crippen LogP contribution in [0.25, 0.3) is 0 Å². The Morgan fingerprint density at radius 2 is 1.96 bits per heavy atom. The minimum atomic E-state index is -0.219. The van der Waals surface area contributed by atoms with E-state index in [0.717, 1.165) is 16.9 Å². The third-order valence-electron chi connectivity index (χ3n) is 3.64. The van der Waals surface area contributed by atoms with Crippen molar-refractivity contribution in [2.75, 3.05) is 10.6 Å². The normalized spacial score (nSPS) is 10.7. The fraction of sp³-hybridized carbons (Fsp3) is 0.158. The smallest absolute Gasteiger partial charge is 0.275 e. The summed E-state index contributed by atoms with van der Waals surface area (Å²) in [5, 5.41) is 9.13. The van der Waals surface area contributed by atoms with Crippen molar-refractivity contribution in [3.8, 4) is 0 Å². The van der Waals surface area contributed by atoms with Crippen molar-refractivity contribution in [2.45, 2.75) is 19.8 Å². The Morgan fingerprint density at radius 3 is 2.72 bits per heavy atom. The van der Waals surface area contributed by atoms with Crippen LogP contribution in [0.4, 0.5) is 16.5 Å². The van der Waals surface area contributed by atoms with Gasteiger partial charge in [-0.3, -0.25) is 4.79 Å². The van der Waals surface area contributed by atoms with Crippen LogP contribution in [0.1, 0.15) is 35.8 Å². The predicted octanol–water partition coefficient (Wildman–Crippen LogP) is 5.92. The fourth-order valence-corrected chi connectivity index (χ4v) is 3.33. The standard InChI is InChI=1S/C19H18ClN3OS/c1-12(2)15-8-3-4-9-16(15)22-18(24)17-11-25-19(23-17)21-14-7-5-6-13(20)10-14/h3-12H,1-2H3,(H,21,23)(H,22,24). The second kappa shape index (κ2) is 7.68. The molecule has 0 saturated heterocycles. The maximum Gasteiger partial charge on any atom is 0.275 e. The first kappa shape index (κ1) is 17.5. The summed E-state index contributed by atoms with van der Waals surface area (Å²) in [7, 11) is 0. The molecule has 2 N–H and O–H groups in total. The number of hydrogen-bond acceptors (Lipinski definition) is 4. The molecule has 0 radical (unpaired) electrons. The number of benzene rings is 2. The Labute approximate surface area is 155 Å². The number of hydrogen-bond donors (Lipinski definition) is 2. The van der Waals surface area contributed by atoms with Gasteiger partial charge >= 0.3 is 0 Å². The first-order valence-corrected chi connectivity index (χ1v) is 9.17. The number of nitrogens with one attached hydrogen (secondary N) is 2. The molecule has 0 spiro atoms. The number of carbonyl (C=O) groups is 1. The van der Waals surface area contributed by atoms with E-state index in [1.807, 2.05) is 42.5 Å². The van der Waals surface area contributed by atoms with Gasteiger partial charge in [0.1, 0.15) is 5.69 Å². The second-order valence-electron chi connectivity index (χ2n) is 5.87. The SMILES string of the molecule is CC(C)c1ccccc1NC(=O)c1csc(Nc2cccc(Cl)c2)n1. The quantitative estimate of drug-likeness (QED) is 0.585. The van der Waals surface area contributed by atoms with E-state index >= 15 is 0 Å². The molecule has 1 amide bonds. The van der Waals surface area contributed by atoms with Gasteiger partial charge in [0.2, 0.25) is 0 Å². The minimum Gasteiger partial charge on any atom is -0.331 e. The Hall–Kier alpha value is -2.37. The molecule has 0 aliphatic carbocycles. The van der Waals surface area contributed by atoms with E-state index < -0.39 is 0 Å². The maximum absolute atomic E-state index is 12.5. The number of halogens is 1. The van der Waals surface area contributed by atoms with Gasteiger partial charge in [-0.15, -0.1) is 11.3 Å². The highest BCUT2D eigenvalue weighted by atomic mass is 35.5. The van der Waals surface area contributed by atoms with Crippen molar-refractivity contribution in [1.82, 2.24) is 4.98 Å². The van der Waals surface area contributed by atoms with Crippen molar-refractivity contribution in [2.24, 2.45) is 0 Å². The molecule has 4 nitrogen and oxygen atoms in total. The number of thiazole rings is 1. The lowest BCUT2D eigenvalue weighted by Gasteiger charge is -2.12. The molecule has 0 atom stereocenters. The van der Waals surface area contributed by atoms with E-state index in [1.54, 1.807) is 11.4 Å². The van der Waals surface area contributed by atoms with Crippen molar-refractivity contribution < 1.29 is 4.79 Å². The molecule has 128 valence electrons. The number of anilines is 3. The average Bonchev–Trinajstić information content (AvgIpc) is 3.04. The van der Waals surface area contributed by atoms with Crippen LogP contribution in [0.2, 0.25) is 5.02 Å². The first-order valence-electron chi connectivity index (χ1n) is 7.91. The molecule has 1 aromatic heterocycles. The zero-order chi connectivity index (χ0) is 17.8. The van der Waals surface area contributed by atoms with Gasteiger partial charge in [0.25, 0.3) is 5.91 Å². The van der Waals surface area contributed by atoms with Gasteiger partial charge < -0.3 is 10.6 Å². The Kier molecular flexibility index (Phi) is 5.36. The number of carbonyl (C=O) groups excluding carboxylic acids is 1. The topological polar surface area (TPSA) is 54.0 Å². The molecule has 0 saturated carbocycles. The maximum atomic E-state index is 12.5. The summed E-state index contributed by atoms with van der Waals surface area (Å²) in [5.74, 6) is 0.107. The third-order valence-corrected chi connectivity index (χ3v) is 4.64. The van der Waals surface area contributed by atoms with E-state index in [4.69, 9.17) is 11.6 Å². The number of nitrogens with zero attached hydrogens (tertiary/aromatic N) is 1. The molecule has 0 aliphatic rings. The van der Waals surface area contributed by atoms with Crippen LogP contribution in [0.5, 0.6) is 0 Å². The molecule has 3 aromatic rings. The highest BCUT2D eigenvalue weighted by molar-refractivity contribution is 7.14. The Balaban J connectivity index is 1.73. The lowest BCUT2D eigenvalue weighted by molar-refractivity contribution is 0.102. The summed E-state index contributed by atoms with van der Waals surface area (Å²) in [4.78, 5) is 16.9. The fourth-order valence-electron chi connectivity index (χ4n) is 2.43. The van der Waals surface area contributed by atoms with Crippen LogP contribution in [0.3, 0.4) is 0 Å². The van der Waals surface area contributed by atoms with Gasteiger partial charge in [0.05, 0.1) is 0 Å². The van der Waals surface area contributed by atoms with Gasteiger partial charge in [-0.2, -0.15) is 0 Å². The molecule has 3 rings (SSSR count). The molecule has 0 unspecified atom stereocenters. The van der Waals surface area contributed by atoms with Gasteiger partial charge in [-0.05, 0) is 35.7 Å². The van der Waals surface area contributed by atoms with E-state index in [9.17, 15) is 4.79 Å². The summed E-state index contributed by atoms with van der Waals surface area (Å²) in [6, 6.07) is 15.2. The van der Waals surface area contributed by atoms with Crippen molar-refractivity contribution in [1.29, 1.82) is 0 Å². The number of para-hydroxylation sites is 1. The van der Waals surface area contributed by atoms with E-state index in [2.05, 4.69) is 29.5 Å². The molecular formula is C19H18ClN3OS. The Bertz CT molecular complexity index is 892. The lowest BCUT2D eigenvalue weighted by Crippen LogP contribution is -2.14. The molecule has 6 heteroatoms. The summed E-state index contributed by atoms with van der Waals surface area (Å²) >= 11 is 7.35. The van der Waals surface area contributed by atoms with E-state index in [0.29, 0.717) is 21.8 Å². The van der Waals surface area contributed by atoms with Crippen LogP contribution in [0, 0.1) is 0 Å². The minimum absolute atomic E-state index is 0.219. The summed E-state index contributed by atoms with van der Waals surface area (Å²) in [6.45, 7) is 4.20. The van der Waals surface area contributed by atoms with Crippen LogP contribution in [0.15, 0.2) is 53.9 Å². The van der Waals surface area contributed by atoms with Crippen LogP contribution in [-0.4, -0.2) is 10.9 Å². The van der Waals surface area contributed by atoms with Gasteiger partial charge in [-0.25, -0.2) is 4.98 Å². The van der Waals surface area contributed by atoms with E-state index in [-0.39, 0.29) is 5.91 Å². The predicted molar refractivity (Wildman–Crippen MR) is 105 cm³/mol. The molecule has 0 bridgehead atoms. The average molecular weight is 372 g/mol. The van der Waals surface area contributed by atoms with Gasteiger partial charge in [0, 0.05) is 21.8 Å². The molecule has 2 aromatic carbocycles. The monoisotopic (exact) mass is 371 g/mol. The number of amides is 1. The van der Waals surface area contributed by atoms with Crippen LogP contribution < -0.4 is 10.6 Å². The molecular weight excluding hydrogens is 354 g/mol. The first-order chi connectivity index (χ1) is 12.0. The van der Waals surface area contributed by atoms with Crippen molar-refractivity contribution >= 4 is 45.4 Å². The summed E-state index contributed by atoms with van der Waals surface area (Å²) < 4.78 is 0. The number of rotatable bonds is 5. The lowest BCUT2D eigenvalue weighted by atomic mass is 10.0. The summed E-state index contributed by atoms with van der Waals surface area (Å²) in [5.41, 5.74) is 3.13. The zero-order valence-electron chi connectivity index (χ0n) is 13.9. The molecule has 0 aliphatic heterocycles. The van der Waals surface area contributed by atoms with Crippen LogP contribution in [-0.2, 0) is 0 Å². The van der Waals surface area contributed by atoms with Gasteiger partial charge in [-0.1, -0.05) is 49.7 Å². The third kappa shape index (κ3) is 4.38. The van der Waals surface area contributed by atoms with Gasteiger partial charge in [0.15, 0.2) is 5.13 Å². The van der Waals surface area contributed by atoms with E-state index in [1.165, 1.54) is 11.3 Å². The van der Waals surface area contributed by atoms with Crippen LogP contribution >= 0.6 is 22.9 Å². The highest BCUT2D eigenvalue weighted by Crippen LogP contribution is 2.26. The summed E-state index contributed by atoms with van der Waals surface area (Å²) in [6.07, 6.45) is 0. The largest absolute Gasteiger partial charge is 0.331 e. The zero-order valence-corrected chi connectivity index (χ0v) is 15.5. The molecule has 1 heterocycles. The van der Waals surface area contributed by atoms with Crippen molar-refractivity contribution in [3.05, 3.63) is 70.2 Å². The van der Waals surface area contributed by atoms with Crippen molar-refractivity contribution in [3.63, 3.8) is 0 Å². The Morgan fingerprint density at radius 1 is 1.16 bits per heavy atom. The molecule has 0 fully saturated rings. The molecule has 25 heavy (non-hydrogen) atoms. The second-order valence-corrected chi connectivity index (χ2v) is 7.16. The highest BCUT2D eigenvalue weighted by Gasteiger charge is 2.14. The number of aromatic nitrogens is 1.